The first-order valence-corrected chi connectivity index (χ1v) is 13.1. The van der Waals surface area contributed by atoms with Gasteiger partial charge in [-0.2, -0.15) is 5.10 Å². The van der Waals surface area contributed by atoms with Gasteiger partial charge in [0.05, 0.1) is 18.5 Å². The molecular formula is C25H41N3O3S. The van der Waals surface area contributed by atoms with Gasteiger partial charge in [-0.15, -0.1) is 0 Å². The van der Waals surface area contributed by atoms with Crippen molar-refractivity contribution in [3.63, 3.8) is 0 Å². The Morgan fingerprint density at radius 3 is 2.28 bits per heavy atom. The van der Waals surface area contributed by atoms with E-state index in [1.807, 2.05) is 0 Å². The zero-order chi connectivity index (χ0) is 24.2. The molecule has 32 heavy (non-hydrogen) atoms. The molecule has 0 unspecified atom stereocenters. The number of hydrogen-bond acceptors (Lipinski definition) is 4. The van der Waals surface area contributed by atoms with Gasteiger partial charge >= 0.3 is 0 Å². The third kappa shape index (κ3) is 6.13. The van der Waals surface area contributed by atoms with Crippen molar-refractivity contribution in [2.45, 2.75) is 89.9 Å². The number of nitrogens with zero attached hydrogens (tertiary/aromatic N) is 2. The summed E-state index contributed by atoms with van der Waals surface area (Å²) < 4.78 is 35.3. The zero-order valence-electron chi connectivity index (χ0n) is 21.1. The maximum Gasteiger partial charge on any atom is 0.243 e. The lowest BCUT2D eigenvalue weighted by atomic mass is 9.76. The van der Waals surface area contributed by atoms with Crippen molar-refractivity contribution >= 4 is 10.0 Å². The number of aromatic nitrogens is 2. The number of unbranched alkanes of at least 4 members (excludes halogenated alkanes) is 1. The summed E-state index contributed by atoms with van der Waals surface area (Å²) in [5.74, 6) is 0.930. The lowest BCUT2D eigenvalue weighted by Gasteiger charge is -2.30. The SMILES string of the molecule is CCC(C)(C)c1ccc(OCCCCNS(=O)(=O)c2cnn(C)c2C)c(C(C)(C)CC)c1. The summed E-state index contributed by atoms with van der Waals surface area (Å²) in [5.41, 5.74) is 3.35. The summed E-state index contributed by atoms with van der Waals surface area (Å²) >= 11 is 0. The van der Waals surface area contributed by atoms with Crippen molar-refractivity contribution in [2.75, 3.05) is 13.2 Å². The summed E-state index contributed by atoms with van der Waals surface area (Å²) in [6.45, 7) is 16.2. The number of ether oxygens (including phenoxy) is 1. The van der Waals surface area contributed by atoms with Crippen LogP contribution in [-0.4, -0.2) is 31.3 Å². The van der Waals surface area contributed by atoms with Gasteiger partial charge in [0.25, 0.3) is 0 Å². The van der Waals surface area contributed by atoms with Crippen molar-refractivity contribution < 1.29 is 13.2 Å². The second-order valence-corrected chi connectivity index (χ2v) is 11.6. The fourth-order valence-corrected chi connectivity index (χ4v) is 4.71. The Morgan fingerprint density at radius 2 is 1.72 bits per heavy atom. The Labute approximate surface area is 194 Å². The van der Waals surface area contributed by atoms with Crippen molar-refractivity contribution in [3.8, 4) is 5.75 Å². The summed E-state index contributed by atoms with van der Waals surface area (Å²) in [6.07, 6.45) is 4.96. The van der Waals surface area contributed by atoms with Gasteiger partial charge in [-0.3, -0.25) is 4.68 Å². The molecule has 6 nitrogen and oxygen atoms in total. The standard InChI is InChI=1S/C25H41N3O3S/c1-9-24(4,5)20-13-14-22(21(17-20)25(6,7)10-2)31-16-12-11-15-27-32(29,30)23-18-26-28(8)19(23)3/h13-14,17-18,27H,9-12,15-16H2,1-8H3. The summed E-state index contributed by atoms with van der Waals surface area (Å²) in [4.78, 5) is 0.234. The maximum atomic E-state index is 12.5. The van der Waals surface area contributed by atoms with Crippen LogP contribution in [0.1, 0.15) is 84.0 Å². The number of benzene rings is 1. The molecule has 0 amide bonds. The number of aryl methyl sites for hydroxylation is 1. The quantitative estimate of drug-likeness (QED) is 0.437. The molecule has 1 aromatic carbocycles. The minimum Gasteiger partial charge on any atom is -0.493 e. The van der Waals surface area contributed by atoms with Crippen LogP contribution < -0.4 is 9.46 Å². The molecule has 0 radical (unpaired) electrons. The average molecular weight is 464 g/mol. The van der Waals surface area contributed by atoms with Crippen LogP contribution in [0, 0.1) is 6.92 Å². The van der Waals surface area contributed by atoms with E-state index >= 15 is 0 Å². The van der Waals surface area contributed by atoms with E-state index < -0.39 is 10.0 Å². The first kappa shape index (κ1) is 26.4. The number of nitrogens with one attached hydrogen (secondary N) is 1. The Kier molecular flexibility index (Phi) is 8.56. The van der Waals surface area contributed by atoms with E-state index in [9.17, 15) is 8.42 Å². The van der Waals surface area contributed by atoms with E-state index in [0.717, 1.165) is 25.0 Å². The molecule has 0 saturated heterocycles. The van der Waals surface area contributed by atoms with Gasteiger partial charge in [0.1, 0.15) is 10.6 Å². The summed E-state index contributed by atoms with van der Waals surface area (Å²) in [6, 6.07) is 6.60. The van der Waals surface area contributed by atoms with Gasteiger partial charge in [0.15, 0.2) is 0 Å². The Bertz CT molecular complexity index is 1010. The second-order valence-electron chi connectivity index (χ2n) is 9.86. The van der Waals surface area contributed by atoms with E-state index in [1.54, 1.807) is 18.7 Å². The molecule has 180 valence electrons. The number of sulfonamides is 1. The second kappa shape index (κ2) is 10.4. The van der Waals surface area contributed by atoms with Gasteiger partial charge in [-0.25, -0.2) is 13.1 Å². The third-order valence-electron chi connectivity index (χ3n) is 6.86. The molecule has 0 aliphatic carbocycles. The van der Waals surface area contributed by atoms with Crippen LogP contribution in [0.15, 0.2) is 29.3 Å². The predicted molar refractivity (Wildman–Crippen MR) is 131 cm³/mol. The van der Waals surface area contributed by atoms with E-state index in [-0.39, 0.29) is 15.7 Å². The van der Waals surface area contributed by atoms with Gasteiger partial charge in [0, 0.05) is 19.2 Å². The van der Waals surface area contributed by atoms with Crippen LogP contribution in [0.4, 0.5) is 0 Å². The number of hydrogen-bond donors (Lipinski definition) is 1. The van der Waals surface area contributed by atoms with Gasteiger partial charge < -0.3 is 4.74 Å². The van der Waals surface area contributed by atoms with E-state index in [2.05, 4.69) is 69.6 Å². The molecule has 0 aliphatic rings. The van der Waals surface area contributed by atoms with Crippen LogP contribution in [0.5, 0.6) is 5.75 Å². The molecule has 0 fully saturated rings. The van der Waals surface area contributed by atoms with Gasteiger partial charge in [-0.1, -0.05) is 53.7 Å². The van der Waals surface area contributed by atoms with E-state index in [0.29, 0.717) is 25.3 Å². The molecule has 0 spiro atoms. The highest BCUT2D eigenvalue weighted by Gasteiger charge is 2.26. The van der Waals surface area contributed by atoms with Crippen LogP contribution in [0.3, 0.4) is 0 Å². The van der Waals surface area contributed by atoms with Crippen LogP contribution in [-0.2, 0) is 27.9 Å². The number of rotatable bonds is 12. The molecule has 0 saturated carbocycles. The first-order chi connectivity index (χ1) is 14.9. The lowest BCUT2D eigenvalue weighted by Crippen LogP contribution is -2.25. The molecule has 2 rings (SSSR count). The molecule has 0 atom stereocenters. The fraction of sp³-hybridized carbons (Fsp3) is 0.640. The molecule has 0 bridgehead atoms. The highest BCUT2D eigenvalue weighted by molar-refractivity contribution is 7.89. The molecular weight excluding hydrogens is 422 g/mol. The van der Waals surface area contributed by atoms with Crippen molar-refractivity contribution in [3.05, 3.63) is 41.2 Å². The normalized spacial score (nSPS) is 12.9. The monoisotopic (exact) mass is 463 g/mol. The molecule has 0 aliphatic heterocycles. The minimum atomic E-state index is -3.53. The Morgan fingerprint density at radius 1 is 1.06 bits per heavy atom. The van der Waals surface area contributed by atoms with E-state index in [4.69, 9.17) is 4.74 Å². The van der Waals surface area contributed by atoms with Crippen LogP contribution >= 0.6 is 0 Å². The first-order valence-electron chi connectivity index (χ1n) is 11.6. The smallest absolute Gasteiger partial charge is 0.243 e. The highest BCUT2D eigenvalue weighted by atomic mass is 32.2. The molecule has 2 aromatic rings. The maximum absolute atomic E-state index is 12.5. The predicted octanol–water partition coefficient (Wildman–Crippen LogP) is 5.24. The molecule has 1 heterocycles. The van der Waals surface area contributed by atoms with Crippen LogP contribution in [0.25, 0.3) is 0 Å². The third-order valence-corrected chi connectivity index (χ3v) is 8.42. The largest absolute Gasteiger partial charge is 0.493 e. The summed E-state index contributed by atoms with van der Waals surface area (Å²) in [5, 5.41) is 4.01. The van der Waals surface area contributed by atoms with Crippen molar-refractivity contribution in [1.82, 2.24) is 14.5 Å². The highest BCUT2D eigenvalue weighted by Crippen LogP contribution is 2.38. The van der Waals surface area contributed by atoms with Gasteiger partial charge in [-0.05, 0) is 55.1 Å². The van der Waals surface area contributed by atoms with Crippen LogP contribution in [0.2, 0.25) is 0 Å². The Hall–Kier alpha value is -1.86. The molecule has 1 aromatic heterocycles. The summed E-state index contributed by atoms with van der Waals surface area (Å²) in [7, 11) is -1.80. The van der Waals surface area contributed by atoms with E-state index in [1.165, 1.54) is 17.3 Å². The molecule has 1 N–H and O–H groups in total. The van der Waals surface area contributed by atoms with Gasteiger partial charge in [0.2, 0.25) is 10.0 Å². The minimum absolute atomic E-state index is 0.0202. The zero-order valence-corrected chi connectivity index (χ0v) is 21.9. The lowest BCUT2D eigenvalue weighted by molar-refractivity contribution is 0.296. The molecule has 7 heteroatoms. The van der Waals surface area contributed by atoms with Crippen molar-refractivity contribution in [2.24, 2.45) is 7.05 Å². The fourth-order valence-electron chi connectivity index (χ4n) is 3.44. The Balaban J connectivity index is 1.97. The topological polar surface area (TPSA) is 73.2 Å². The average Bonchev–Trinajstić information content (AvgIpc) is 3.09. The van der Waals surface area contributed by atoms with Crippen molar-refractivity contribution in [1.29, 1.82) is 0 Å².